The molecular weight excluding hydrogens is 344 g/mol. The smallest absolute Gasteiger partial charge is 0.336 e. The van der Waals surface area contributed by atoms with Crippen LogP contribution in [0.2, 0.25) is 0 Å². The maximum atomic E-state index is 11.6. The minimum Gasteiger partial charge on any atom is -0.478 e. The molecule has 118 valence electrons. The molecule has 5 heteroatoms. The standard InChI is InChI=1S/C17H21BrN2O2/c1-11-15(17(21)22)9-14-8-13(18)10-20(14)16(11)12(2)19-6-4-3-5-7-19/h8-10,12H,3-7H2,1-2H3,(H,21,22). The van der Waals surface area contributed by atoms with Gasteiger partial charge in [0.2, 0.25) is 0 Å². The van der Waals surface area contributed by atoms with E-state index in [0.29, 0.717) is 5.56 Å². The summed E-state index contributed by atoms with van der Waals surface area (Å²) in [5.74, 6) is -0.857. The number of piperidine rings is 1. The third-order valence-corrected chi connectivity index (χ3v) is 5.15. The minimum absolute atomic E-state index is 0.210. The number of fused-ring (bicyclic) bond motifs is 1. The summed E-state index contributed by atoms with van der Waals surface area (Å²) in [4.78, 5) is 14.1. The molecule has 0 aliphatic carbocycles. The van der Waals surface area contributed by atoms with E-state index in [1.807, 2.05) is 19.2 Å². The van der Waals surface area contributed by atoms with Crippen LogP contribution >= 0.6 is 15.9 Å². The van der Waals surface area contributed by atoms with E-state index in [1.165, 1.54) is 19.3 Å². The van der Waals surface area contributed by atoms with E-state index in [2.05, 4.69) is 32.2 Å². The van der Waals surface area contributed by atoms with Gasteiger partial charge >= 0.3 is 5.97 Å². The third-order valence-electron chi connectivity index (χ3n) is 4.72. The Morgan fingerprint density at radius 3 is 2.59 bits per heavy atom. The normalized spacial score (nSPS) is 17.8. The second-order valence-electron chi connectivity index (χ2n) is 6.10. The molecule has 1 aliphatic heterocycles. The Bertz CT molecular complexity index is 717. The largest absolute Gasteiger partial charge is 0.478 e. The van der Waals surface area contributed by atoms with Gasteiger partial charge in [-0.25, -0.2) is 4.79 Å². The van der Waals surface area contributed by atoms with Gasteiger partial charge in [0, 0.05) is 27.9 Å². The fraction of sp³-hybridized carbons (Fsp3) is 0.471. The number of hydrogen-bond donors (Lipinski definition) is 1. The Kier molecular flexibility index (Phi) is 4.28. The number of nitrogens with zero attached hydrogens (tertiary/aromatic N) is 2. The molecule has 1 aliphatic rings. The summed E-state index contributed by atoms with van der Waals surface area (Å²) in [5.41, 5.74) is 3.27. The summed E-state index contributed by atoms with van der Waals surface area (Å²) in [7, 11) is 0. The van der Waals surface area contributed by atoms with Crippen molar-refractivity contribution in [2.75, 3.05) is 13.1 Å². The number of carbonyl (C=O) groups is 1. The predicted octanol–water partition coefficient (Wildman–Crippen LogP) is 4.26. The summed E-state index contributed by atoms with van der Waals surface area (Å²) in [6.07, 6.45) is 5.77. The van der Waals surface area contributed by atoms with Crippen LogP contribution in [-0.2, 0) is 0 Å². The van der Waals surface area contributed by atoms with E-state index in [1.54, 1.807) is 6.07 Å². The van der Waals surface area contributed by atoms with Gasteiger partial charge in [0.1, 0.15) is 0 Å². The highest BCUT2D eigenvalue weighted by atomic mass is 79.9. The van der Waals surface area contributed by atoms with Gasteiger partial charge in [0.25, 0.3) is 0 Å². The van der Waals surface area contributed by atoms with Gasteiger partial charge < -0.3 is 9.51 Å². The van der Waals surface area contributed by atoms with Crippen molar-refractivity contribution in [2.24, 2.45) is 0 Å². The molecule has 3 rings (SSSR count). The summed E-state index contributed by atoms with van der Waals surface area (Å²) >= 11 is 3.51. The molecule has 1 saturated heterocycles. The van der Waals surface area contributed by atoms with Crippen LogP contribution in [0, 0.1) is 6.92 Å². The van der Waals surface area contributed by atoms with Crippen molar-refractivity contribution in [3.8, 4) is 0 Å². The lowest BCUT2D eigenvalue weighted by Crippen LogP contribution is -2.33. The molecule has 1 N–H and O–H groups in total. The Balaban J connectivity index is 2.16. The fourth-order valence-electron chi connectivity index (χ4n) is 3.56. The van der Waals surface area contributed by atoms with Crippen LogP contribution < -0.4 is 0 Å². The highest BCUT2D eigenvalue weighted by Crippen LogP contribution is 2.31. The van der Waals surface area contributed by atoms with Crippen LogP contribution in [-0.4, -0.2) is 33.5 Å². The molecule has 0 aromatic carbocycles. The average Bonchev–Trinajstić information content (AvgIpc) is 2.86. The number of likely N-dealkylation sites (tertiary alicyclic amines) is 1. The van der Waals surface area contributed by atoms with Crippen LogP contribution in [0.4, 0.5) is 0 Å². The van der Waals surface area contributed by atoms with Crippen molar-refractivity contribution >= 4 is 27.4 Å². The lowest BCUT2D eigenvalue weighted by molar-refractivity contribution is 0.0695. The number of aromatic carboxylic acids is 1. The van der Waals surface area contributed by atoms with Crippen molar-refractivity contribution in [3.05, 3.63) is 39.6 Å². The van der Waals surface area contributed by atoms with E-state index in [4.69, 9.17) is 0 Å². The number of halogens is 1. The van der Waals surface area contributed by atoms with Crippen molar-refractivity contribution in [2.45, 2.75) is 39.2 Å². The minimum atomic E-state index is -0.857. The van der Waals surface area contributed by atoms with Gasteiger partial charge in [-0.15, -0.1) is 0 Å². The zero-order valence-corrected chi connectivity index (χ0v) is 14.6. The summed E-state index contributed by atoms with van der Waals surface area (Å²) < 4.78 is 3.10. The van der Waals surface area contributed by atoms with E-state index in [0.717, 1.165) is 34.3 Å². The van der Waals surface area contributed by atoms with Gasteiger partial charge in [-0.05, 0) is 73.4 Å². The molecule has 1 fully saturated rings. The molecule has 22 heavy (non-hydrogen) atoms. The average molecular weight is 365 g/mol. The van der Waals surface area contributed by atoms with Crippen molar-refractivity contribution < 1.29 is 9.90 Å². The number of hydrogen-bond acceptors (Lipinski definition) is 2. The van der Waals surface area contributed by atoms with Crippen molar-refractivity contribution in [1.82, 2.24) is 9.30 Å². The predicted molar refractivity (Wildman–Crippen MR) is 90.6 cm³/mol. The van der Waals surface area contributed by atoms with E-state index in [-0.39, 0.29) is 6.04 Å². The second kappa shape index (κ2) is 6.05. The highest BCUT2D eigenvalue weighted by Gasteiger charge is 2.24. The topological polar surface area (TPSA) is 44.9 Å². The van der Waals surface area contributed by atoms with Crippen LogP contribution in [0.1, 0.15) is 53.8 Å². The monoisotopic (exact) mass is 364 g/mol. The van der Waals surface area contributed by atoms with Crippen LogP contribution in [0.3, 0.4) is 0 Å². The first kappa shape index (κ1) is 15.6. The number of aromatic nitrogens is 1. The molecule has 1 unspecified atom stereocenters. The Hall–Kier alpha value is -1.33. The molecular formula is C17H21BrN2O2. The van der Waals surface area contributed by atoms with Crippen molar-refractivity contribution in [1.29, 1.82) is 0 Å². The van der Waals surface area contributed by atoms with Crippen LogP contribution in [0.5, 0.6) is 0 Å². The quantitative estimate of drug-likeness (QED) is 0.884. The molecule has 2 aromatic heterocycles. The van der Waals surface area contributed by atoms with Gasteiger partial charge in [0.15, 0.2) is 0 Å². The highest BCUT2D eigenvalue weighted by molar-refractivity contribution is 9.10. The number of pyridine rings is 1. The number of carboxylic acid groups (broad SMARTS) is 1. The molecule has 0 saturated carbocycles. The molecule has 0 bridgehead atoms. The van der Waals surface area contributed by atoms with Gasteiger partial charge in [0.05, 0.1) is 5.56 Å². The summed E-state index contributed by atoms with van der Waals surface area (Å²) in [6.45, 7) is 6.28. The molecule has 0 amide bonds. The fourth-order valence-corrected chi connectivity index (χ4v) is 4.00. The van der Waals surface area contributed by atoms with Gasteiger partial charge in [-0.2, -0.15) is 0 Å². The Morgan fingerprint density at radius 2 is 1.95 bits per heavy atom. The number of rotatable bonds is 3. The molecule has 3 heterocycles. The lowest BCUT2D eigenvalue weighted by atomic mass is 10.00. The molecule has 1 atom stereocenters. The maximum Gasteiger partial charge on any atom is 0.336 e. The zero-order valence-electron chi connectivity index (χ0n) is 13.0. The van der Waals surface area contributed by atoms with E-state index >= 15 is 0 Å². The lowest BCUT2D eigenvalue weighted by Gasteiger charge is -2.34. The zero-order chi connectivity index (χ0) is 15.9. The first-order chi connectivity index (χ1) is 10.5. The molecule has 0 radical (unpaired) electrons. The van der Waals surface area contributed by atoms with E-state index in [9.17, 15) is 9.90 Å². The Morgan fingerprint density at radius 1 is 1.27 bits per heavy atom. The maximum absolute atomic E-state index is 11.6. The summed E-state index contributed by atoms with van der Waals surface area (Å²) in [6, 6.07) is 3.94. The van der Waals surface area contributed by atoms with Gasteiger partial charge in [-0.3, -0.25) is 4.90 Å². The van der Waals surface area contributed by atoms with Crippen LogP contribution in [0.15, 0.2) is 22.8 Å². The SMILES string of the molecule is Cc1c(C(=O)O)cc2cc(Br)cn2c1C(C)N1CCCCC1. The molecule has 0 spiro atoms. The summed E-state index contributed by atoms with van der Waals surface area (Å²) in [5, 5.41) is 9.51. The second-order valence-corrected chi connectivity index (χ2v) is 7.01. The van der Waals surface area contributed by atoms with Crippen molar-refractivity contribution in [3.63, 3.8) is 0 Å². The Labute approximate surface area is 138 Å². The van der Waals surface area contributed by atoms with Gasteiger partial charge in [-0.1, -0.05) is 6.42 Å². The first-order valence-electron chi connectivity index (χ1n) is 7.77. The molecule has 4 nitrogen and oxygen atoms in total. The third kappa shape index (κ3) is 2.68. The van der Waals surface area contributed by atoms with E-state index < -0.39 is 5.97 Å². The first-order valence-corrected chi connectivity index (χ1v) is 8.57. The number of carboxylic acids is 1. The van der Waals surface area contributed by atoms with Crippen LogP contribution in [0.25, 0.3) is 5.52 Å². The molecule has 2 aromatic rings.